The predicted molar refractivity (Wildman–Crippen MR) is 102 cm³/mol. The van der Waals surface area contributed by atoms with E-state index >= 15 is 0 Å². The molecular weight excluding hydrogens is 356 g/mol. The minimum absolute atomic E-state index is 0.162. The summed E-state index contributed by atoms with van der Waals surface area (Å²) in [6, 6.07) is 12.7. The lowest BCUT2D eigenvalue weighted by Crippen LogP contribution is -2.38. The van der Waals surface area contributed by atoms with Gasteiger partial charge in [-0.15, -0.1) is 0 Å². The van der Waals surface area contributed by atoms with Crippen molar-refractivity contribution >= 4 is 18.1 Å². The van der Waals surface area contributed by atoms with Crippen molar-refractivity contribution in [1.29, 1.82) is 0 Å². The highest BCUT2D eigenvalue weighted by molar-refractivity contribution is 5.93. The zero-order chi connectivity index (χ0) is 19.7. The Morgan fingerprint density at radius 1 is 1.14 bits per heavy atom. The largest absolute Gasteiger partial charge is 0.338 e. The van der Waals surface area contributed by atoms with Crippen molar-refractivity contribution in [2.24, 2.45) is 5.41 Å². The van der Waals surface area contributed by atoms with Gasteiger partial charge in [0.25, 0.3) is 5.91 Å². The van der Waals surface area contributed by atoms with Crippen LogP contribution < -0.4 is 5.48 Å². The summed E-state index contributed by atoms with van der Waals surface area (Å²) < 4.78 is 0. The molecule has 2 aliphatic rings. The third-order valence-corrected chi connectivity index (χ3v) is 6.06. The van der Waals surface area contributed by atoms with Crippen LogP contribution in [-0.4, -0.2) is 34.8 Å². The Morgan fingerprint density at radius 3 is 2.64 bits per heavy atom. The Morgan fingerprint density at radius 2 is 1.93 bits per heavy atom. The highest BCUT2D eigenvalue weighted by Crippen LogP contribution is 2.44. The first-order valence-corrected chi connectivity index (χ1v) is 9.44. The van der Waals surface area contributed by atoms with Crippen LogP contribution in [0.4, 0.5) is 0 Å². The molecule has 2 aromatic carbocycles. The maximum absolute atomic E-state index is 13.2. The molecule has 1 atom stereocenters. The number of likely N-dealkylation sites (tertiary alicyclic amines) is 1. The number of hydroxylamine groups is 1. The maximum atomic E-state index is 13.2. The van der Waals surface area contributed by atoms with Crippen LogP contribution in [0.5, 0.6) is 0 Å². The summed E-state index contributed by atoms with van der Waals surface area (Å²) in [6.45, 7) is 1.25. The summed E-state index contributed by atoms with van der Waals surface area (Å²) in [5, 5.41) is 8.87. The van der Waals surface area contributed by atoms with Gasteiger partial charge in [0.1, 0.15) is 6.29 Å². The van der Waals surface area contributed by atoms with Crippen LogP contribution in [-0.2, 0) is 24.2 Å². The van der Waals surface area contributed by atoms with E-state index in [4.69, 9.17) is 5.21 Å². The van der Waals surface area contributed by atoms with Crippen LogP contribution in [0.15, 0.2) is 42.5 Å². The number of hydrogen-bond donors (Lipinski definition) is 2. The number of carbonyl (C=O) groups excluding carboxylic acids is 3. The zero-order valence-electron chi connectivity index (χ0n) is 15.5. The standard InChI is InChI=1S/C22H22N2O4/c25-14-16-3-1-15(2-4-16)13-24-10-9-22(21(24)27)8-7-17-5-6-18(20(26)23-28)11-19(17)12-22/h1-6,11,14,28H,7-10,12-13H2,(H,23,26)/t22-/m0/s1. The van der Waals surface area contributed by atoms with E-state index < -0.39 is 11.3 Å². The molecule has 6 heteroatoms. The number of fused-ring (bicyclic) bond motifs is 1. The molecule has 2 aromatic rings. The van der Waals surface area contributed by atoms with Crippen LogP contribution in [0.2, 0.25) is 0 Å². The number of aldehydes is 1. The van der Waals surface area contributed by atoms with Gasteiger partial charge in [0, 0.05) is 24.2 Å². The maximum Gasteiger partial charge on any atom is 0.274 e. The predicted octanol–water partition coefficient (Wildman–Crippen LogP) is 2.53. The van der Waals surface area contributed by atoms with Gasteiger partial charge in [-0.05, 0) is 54.5 Å². The Balaban J connectivity index is 1.52. The van der Waals surface area contributed by atoms with Crippen LogP contribution in [0.1, 0.15) is 50.2 Å². The van der Waals surface area contributed by atoms with Crippen LogP contribution in [0, 0.1) is 5.41 Å². The first-order valence-electron chi connectivity index (χ1n) is 9.44. The monoisotopic (exact) mass is 378 g/mol. The minimum Gasteiger partial charge on any atom is -0.338 e. The van der Waals surface area contributed by atoms with Crippen molar-refractivity contribution in [3.8, 4) is 0 Å². The molecule has 6 nitrogen and oxygen atoms in total. The van der Waals surface area contributed by atoms with Crippen molar-refractivity contribution in [2.75, 3.05) is 6.54 Å². The fourth-order valence-corrected chi connectivity index (χ4v) is 4.43. The van der Waals surface area contributed by atoms with E-state index in [-0.39, 0.29) is 5.91 Å². The molecule has 0 aromatic heterocycles. The Hall–Kier alpha value is -2.99. The Bertz CT molecular complexity index is 938. The summed E-state index contributed by atoms with van der Waals surface area (Å²) >= 11 is 0. The van der Waals surface area contributed by atoms with Gasteiger partial charge >= 0.3 is 0 Å². The molecule has 0 bridgehead atoms. The molecule has 0 saturated carbocycles. The molecule has 28 heavy (non-hydrogen) atoms. The van der Waals surface area contributed by atoms with Gasteiger partial charge in [-0.2, -0.15) is 0 Å². The zero-order valence-corrected chi connectivity index (χ0v) is 15.5. The van der Waals surface area contributed by atoms with Crippen LogP contribution in [0.25, 0.3) is 0 Å². The second-order valence-corrected chi connectivity index (χ2v) is 7.72. The summed E-state index contributed by atoms with van der Waals surface area (Å²) in [7, 11) is 0. The molecule has 2 N–H and O–H groups in total. The number of hydrogen-bond acceptors (Lipinski definition) is 4. The van der Waals surface area contributed by atoms with Crippen molar-refractivity contribution in [3.63, 3.8) is 0 Å². The number of amides is 2. The molecule has 1 spiro atoms. The molecule has 4 rings (SSSR count). The molecule has 2 amide bonds. The second-order valence-electron chi connectivity index (χ2n) is 7.72. The number of aryl methyl sites for hydroxylation is 1. The molecule has 1 heterocycles. The number of nitrogens with one attached hydrogen (secondary N) is 1. The van der Waals surface area contributed by atoms with E-state index in [9.17, 15) is 14.4 Å². The minimum atomic E-state index is -0.541. The van der Waals surface area contributed by atoms with Gasteiger partial charge in [-0.25, -0.2) is 5.48 Å². The third-order valence-electron chi connectivity index (χ3n) is 6.06. The lowest BCUT2D eigenvalue weighted by atomic mass is 9.70. The van der Waals surface area contributed by atoms with Crippen molar-refractivity contribution in [3.05, 3.63) is 70.3 Å². The van der Waals surface area contributed by atoms with E-state index in [1.807, 2.05) is 23.1 Å². The average molecular weight is 378 g/mol. The summed E-state index contributed by atoms with van der Waals surface area (Å²) in [6.07, 6.45) is 3.85. The van der Waals surface area contributed by atoms with E-state index in [0.717, 1.165) is 42.2 Å². The molecule has 1 aliphatic heterocycles. The first kappa shape index (κ1) is 18.4. The van der Waals surface area contributed by atoms with E-state index in [0.29, 0.717) is 30.6 Å². The molecular formula is C22H22N2O4. The molecule has 144 valence electrons. The number of rotatable bonds is 4. The van der Waals surface area contributed by atoms with E-state index in [1.165, 1.54) is 0 Å². The van der Waals surface area contributed by atoms with Gasteiger partial charge in [0.2, 0.25) is 5.91 Å². The van der Waals surface area contributed by atoms with Gasteiger partial charge in [-0.3, -0.25) is 19.6 Å². The van der Waals surface area contributed by atoms with Crippen LogP contribution in [0.3, 0.4) is 0 Å². The summed E-state index contributed by atoms with van der Waals surface area (Å²) in [5.74, 6) is -0.379. The normalized spacial score (nSPS) is 20.9. The molecule has 0 unspecified atom stereocenters. The lowest BCUT2D eigenvalue weighted by molar-refractivity contribution is -0.137. The van der Waals surface area contributed by atoms with Gasteiger partial charge in [-0.1, -0.05) is 30.3 Å². The number of carbonyl (C=O) groups is 3. The van der Waals surface area contributed by atoms with Gasteiger partial charge in [0.15, 0.2) is 0 Å². The highest BCUT2D eigenvalue weighted by Gasteiger charge is 2.47. The summed E-state index contributed by atoms with van der Waals surface area (Å²) in [4.78, 5) is 37.7. The Kier molecular flexibility index (Phi) is 4.73. The smallest absolute Gasteiger partial charge is 0.274 e. The molecule has 1 aliphatic carbocycles. The van der Waals surface area contributed by atoms with Gasteiger partial charge < -0.3 is 4.90 Å². The highest BCUT2D eigenvalue weighted by atomic mass is 16.5. The Labute approximate surface area is 163 Å². The second kappa shape index (κ2) is 7.20. The van der Waals surface area contributed by atoms with Crippen molar-refractivity contribution < 1.29 is 19.6 Å². The fourth-order valence-electron chi connectivity index (χ4n) is 4.43. The average Bonchev–Trinajstić information content (AvgIpc) is 3.02. The molecule has 1 saturated heterocycles. The van der Waals surface area contributed by atoms with Crippen LogP contribution >= 0.6 is 0 Å². The first-order chi connectivity index (χ1) is 13.5. The van der Waals surface area contributed by atoms with Crippen molar-refractivity contribution in [2.45, 2.75) is 32.2 Å². The lowest BCUT2D eigenvalue weighted by Gasteiger charge is -2.33. The number of nitrogens with zero attached hydrogens (tertiary/aromatic N) is 1. The van der Waals surface area contributed by atoms with E-state index in [1.54, 1.807) is 29.7 Å². The fraction of sp³-hybridized carbons (Fsp3) is 0.318. The molecule has 1 fully saturated rings. The third kappa shape index (κ3) is 3.20. The molecule has 0 radical (unpaired) electrons. The topological polar surface area (TPSA) is 86.7 Å². The van der Waals surface area contributed by atoms with Gasteiger partial charge in [0.05, 0.1) is 5.41 Å². The van der Waals surface area contributed by atoms with E-state index in [2.05, 4.69) is 0 Å². The number of benzene rings is 2. The summed E-state index contributed by atoms with van der Waals surface area (Å²) in [5.41, 5.74) is 5.46. The quantitative estimate of drug-likeness (QED) is 0.486. The van der Waals surface area contributed by atoms with Crippen molar-refractivity contribution in [1.82, 2.24) is 10.4 Å². The SMILES string of the molecule is O=Cc1ccc(CN2CC[C@]3(CCc4ccc(C(=O)NO)cc4C3)C2=O)cc1.